The van der Waals surface area contributed by atoms with E-state index in [0.29, 0.717) is 18.6 Å². The highest BCUT2D eigenvalue weighted by atomic mass is 16.3. The van der Waals surface area contributed by atoms with Crippen LogP contribution in [-0.2, 0) is 9.59 Å². The van der Waals surface area contributed by atoms with Crippen molar-refractivity contribution in [3.05, 3.63) is 12.2 Å². The summed E-state index contributed by atoms with van der Waals surface area (Å²) in [6, 6.07) is 0. The van der Waals surface area contributed by atoms with Crippen LogP contribution in [0.15, 0.2) is 12.2 Å². The number of fused-ring (bicyclic) bond motifs is 3. The molecule has 0 aromatic heterocycles. The topological polar surface area (TPSA) is 54.4 Å². The van der Waals surface area contributed by atoms with Gasteiger partial charge in [0, 0.05) is 23.2 Å². The van der Waals surface area contributed by atoms with Gasteiger partial charge in [0.05, 0.1) is 6.10 Å². The van der Waals surface area contributed by atoms with Crippen LogP contribution >= 0.6 is 0 Å². The fourth-order valence-corrected chi connectivity index (χ4v) is 7.25. The lowest BCUT2D eigenvalue weighted by Crippen LogP contribution is -2.62. The van der Waals surface area contributed by atoms with Gasteiger partial charge in [-0.05, 0) is 54.9 Å². The molecule has 2 bridgehead atoms. The van der Waals surface area contributed by atoms with E-state index in [4.69, 9.17) is 0 Å². The molecule has 6 atom stereocenters. The van der Waals surface area contributed by atoms with Crippen molar-refractivity contribution in [3.8, 4) is 0 Å². The lowest BCUT2D eigenvalue weighted by Gasteiger charge is -2.63. The van der Waals surface area contributed by atoms with Crippen molar-refractivity contribution in [2.45, 2.75) is 65.4 Å². The molecular weight excluding hydrogens is 288 g/mol. The minimum Gasteiger partial charge on any atom is -0.393 e. The van der Waals surface area contributed by atoms with Crippen molar-refractivity contribution in [2.75, 3.05) is 0 Å². The van der Waals surface area contributed by atoms with Gasteiger partial charge in [-0.1, -0.05) is 27.4 Å². The van der Waals surface area contributed by atoms with Crippen LogP contribution in [0.4, 0.5) is 0 Å². The van der Waals surface area contributed by atoms with Gasteiger partial charge in [0.2, 0.25) is 0 Å². The molecule has 3 heteroatoms. The van der Waals surface area contributed by atoms with Crippen LogP contribution in [0.2, 0.25) is 0 Å². The van der Waals surface area contributed by atoms with Gasteiger partial charge in [0.15, 0.2) is 5.78 Å². The Kier molecular flexibility index (Phi) is 2.95. The maximum absolute atomic E-state index is 13.1. The van der Waals surface area contributed by atoms with Crippen LogP contribution in [0.1, 0.15) is 59.3 Å². The summed E-state index contributed by atoms with van der Waals surface area (Å²) in [6.07, 6.45) is 4.25. The van der Waals surface area contributed by atoms with E-state index in [2.05, 4.69) is 27.4 Å². The first kappa shape index (κ1) is 15.6. The zero-order valence-corrected chi connectivity index (χ0v) is 14.5. The second-order valence-corrected chi connectivity index (χ2v) is 9.43. The largest absolute Gasteiger partial charge is 0.393 e. The molecule has 0 aromatic rings. The molecule has 126 valence electrons. The monoisotopic (exact) mass is 316 g/mol. The van der Waals surface area contributed by atoms with Gasteiger partial charge in [0.25, 0.3) is 0 Å². The Bertz CT molecular complexity index is 618. The molecule has 4 saturated carbocycles. The zero-order chi connectivity index (χ0) is 16.8. The number of aliphatic hydroxyl groups is 1. The van der Waals surface area contributed by atoms with Gasteiger partial charge in [0.1, 0.15) is 5.78 Å². The quantitative estimate of drug-likeness (QED) is 0.698. The van der Waals surface area contributed by atoms with Gasteiger partial charge < -0.3 is 5.11 Å². The van der Waals surface area contributed by atoms with Crippen molar-refractivity contribution in [1.29, 1.82) is 0 Å². The van der Waals surface area contributed by atoms with E-state index in [1.54, 1.807) is 0 Å². The number of rotatable bonds is 0. The predicted octanol–water partition coefficient (Wildman–Crippen LogP) is 3.30. The predicted molar refractivity (Wildman–Crippen MR) is 87.7 cm³/mol. The number of hydrogen-bond acceptors (Lipinski definition) is 3. The summed E-state index contributed by atoms with van der Waals surface area (Å²) < 4.78 is 0. The summed E-state index contributed by atoms with van der Waals surface area (Å²) in [6.45, 7) is 10.4. The number of hydrogen-bond donors (Lipinski definition) is 1. The molecule has 0 aliphatic heterocycles. The Morgan fingerprint density at radius 3 is 2.57 bits per heavy atom. The van der Waals surface area contributed by atoms with Crippen molar-refractivity contribution < 1.29 is 14.7 Å². The summed E-state index contributed by atoms with van der Waals surface area (Å²) in [7, 11) is 0. The Morgan fingerprint density at radius 2 is 1.87 bits per heavy atom. The highest BCUT2D eigenvalue weighted by molar-refractivity contribution is 6.03. The number of carbonyl (C=O) groups excluding carboxylic acids is 2. The highest BCUT2D eigenvalue weighted by Crippen LogP contribution is 2.70. The molecule has 0 saturated heterocycles. The van der Waals surface area contributed by atoms with Crippen LogP contribution in [0.3, 0.4) is 0 Å². The number of allylic oxidation sites excluding steroid dienone is 1. The summed E-state index contributed by atoms with van der Waals surface area (Å²) >= 11 is 0. The molecule has 1 spiro atoms. The molecule has 4 fully saturated rings. The molecule has 0 aromatic carbocycles. The van der Waals surface area contributed by atoms with E-state index in [0.717, 1.165) is 31.3 Å². The van der Waals surface area contributed by atoms with E-state index < -0.39 is 11.5 Å². The van der Waals surface area contributed by atoms with E-state index in [9.17, 15) is 14.7 Å². The zero-order valence-electron chi connectivity index (χ0n) is 14.5. The summed E-state index contributed by atoms with van der Waals surface area (Å²) in [5.41, 5.74) is -0.120. The summed E-state index contributed by atoms with van der Waals surface area (Å²) in [5.74, 6) is 0.996. The molecule has 0 amide bonds. The average molecular weight is 316 g/mol. The van der Waals surface area contributed by atoms with Crippen LogP contribution in [0.5, 0.6) is 0 Å². The third kappa shape index (κ3) is 1.65. The fourth-order valence-electron chi connectivity index (χ4n) is 7.25. The Balaban J connectivity index is 1.84. The average Bonchev–Trinajstić information content (AvgIpc) is 2.65. The maximum Gasteiger partial charge on any atom is 0.165 e. The Hall–Kier alpha value is -0.960. The van der Waals surface area contributed by atoms with Crippen molar-refractivity contribution in [3.63, 3.8) is 0 Å². The summed E-state index contributed by atoms with van der Waals surface area (Å²) in [5, 5.41) is 11.0. The van der Waals surface area contributed by atoms with E-state index in [1.165, 1.54) is 0 Å². The van der Waals surface area contributed by atoms with Crippen molar-refractivity contribution >= 4 is 11.6 Å². The minimum absolute atomic E-state index is 0.0101. The van der Waals surface area contributed by atoms with Crippen LogP contribution in [0.25, 0.3) is 0 Å². The van der Waals surface area contributed by atoms with Crippen LogP contribution in [0, 0.1) is 34.0 Å². The maximum atomic E-state index is 13.1. The molecule has 3 nitrogen and oxygen atoms in total. The number of aliphatic hydroxyl groups excluding tert-OH is 1. The lowest BCUT2D eigenvalue weighted by atomic mass is 9.40. The number of ketones is 2. The molecule has 1 N–H and O–H groups in total. The number of carbonyl (C=O) groups is 2. The molecule has 23 heavy (non-hydrogen) atoms. The normalized spacial score (nSPS) is 51.4. The molecule has 0 heterocycles. The van der Waals surface area contributed by atoms with E-state index in [-0.39, 0.29) is 34.4 Å². The van der Waals surface area contributed by atoms with Gasteiger partial charge in [-0.2, -0.15) is 0 Å². The summed E-state index contributed by atoms with van der Waals surface area (Å²) in [4.78, 5) is 25.5. The molecular formula is C20H28O3. The van der Waals surface area contributed by atoms with E-state index in [1.807, 2.05) is 0 Å². The minimum atomic E-state index is -0.436. The standard InChI is InChI=1S/C20H28O3/c1-11-12-9-13(21)16-19(4)7-6-15(22)18(2,3)14(19)5-8-20(16,10-12)17(11)23/h12-14,16,21H,1,5-10H2,2-4H3/t12-,13+,14+,16-,19-,20-/m1/s1. The molecule has 4 aliphatic rings. The first-order chi connectivity index (χ1) is 10.6. The van der Waals surface area contributed by atoms with E-state index >= 15 is 0 Å². The van der Waals surface area contributed by atoms with Crippen molar-refractivity contribution in [1.82, 2.24) is 0 Å². The first-order valence-electron chi connectivity index (χ1n) is 9.09. The van der Waals surface area contributed by atoms with Gasteiger partial charge in [-0.15, -0.1) is 0 Å². The van der Waals surface area contributed by atoms with Gasteiger partial charge >= 0.3 is 0 Å². The second-order valence-electron chi connectivity index (χ2n) is 9.43. The Labute approximate surface area is 138 Å². The Morgan fingerprint density at radius 1 is 1.17 bits per heavy atom. The fraction of sp³-hybridized carbons (Fsp3) is 0.800. The molecule has 0 unspecified atom stereocenters. The SMILES string of the molecule is C=C1C(=O)[C@@]23CC[C@H]4C(C)(C)C(=O)CC[C@@]4(C)[C@H]2[C@@H](O)C[C@@H]1C3. The second kappa shape index (κ2) is 4.36. The smallest absolute Gasteiger partial charge is 0.165 e. The number of Topliss-reactive ketones (excluding diaryl/α,β-unsaturated/α-hetero) is 2. The van der Waals surface area contributed by atoms with Crippen molar-refractivity contribution in [2.24, 2.45) is 34.0 Å². The lowest BCUT2D eigenvalue weighted by molar-refractivity contribution is -0.189. The van der Waals surface area contributed by atoms with Crippen LogP contribution in [-0.4, -0.2) is 22.8 Å². The van der Waals surface area contributed by atoms with Gasteiger partial charge in [-0.3, -0.25) is 9.59 Å². The molecule has 4 rings (SSSR count). The molecule has 4 aliphatic carbocycles. The van der Waals surface area contributed by atoms with Crippen LogP contribution < -0.4 is 0 Å². The first-order valence-corrected chi connectivity index (χ1v) is 9.09. The third-order valence-electron chi connectivity index (χ3n) is 8.22. The third-order valence-corrected chi connectivity index (χ3v) is 8.22. The molecule has 0 radical (unpaired) electrons. The highest BCUT2D eigenvalue weighted by Gasteiger charge is 2.69. The van der Waals surface area contributed by atoms with Gasteiger partial charge in [-0.25, -0.2) is 0 Å².